The van der Waals surface area contributed by atoms with Crippen LogP contribution < -0.4 is 4.72 Å². The number of halogens is 1. The zero-order chi connectivity index (χ0) is 12.2. The normalized spacial score (nSPS) is 22.2. The highest BCUT2D eigenvalue weighted by molar-refractivity contribution is 7.89. The van der Waals surface area contributed by atoms with E-state index in [1.807, 2.05) is 0 Å². The van der Waals surface area contributed by atoms with Gasteiger partial charge in [0.05, 0.1) is 5.75 Å². The Morgan fingerprint density at radius 1 is 1.38 bits per heavy atom. The molecular formula is C10H21ClN2O2S. The maximum Gasteiger partial charge on any atom is 0.212 e. The van der Waals surface area contributed by atoms with Crippen molar-refractivity contribution in [2.24, 2.45) is 5.41 Å². The number of likely N-dealkylation sites (tertiary alicyclic amines) is 1. The summed E-state index contributed by atoms with van der Waals surface area (Å²) in [5, 5.41) is 0. The van der Waals surface area contributed by atoms with E-state index in [9.17, 15) is 8.42 Å². The Bertz CT molecular complexity index is 311. The first-order valence-electron chi connectivity index (χ1n) is 5.59. The topological polar surface area (TPSA) is 49.4 Å². The third-order valence-corrected chi connectivity index (χ3v) is 5.00. The molecule has 0 spiro atoms. The summed E-state index contributed by atoms with van der Waals surface area (Å²) in [6.07, 6.45) is 2.07. The molecule has 0 radical (unpaired) electrons. The highest BCUT2D eigenvalue weighted by Crippen LogP contribution is 2.29. The van der Waals surface area contributed by atoms with Gasteiger partial charge in [-0.25, -0.2) is 13.1 Å². The summed E-state index contributed by atoms with van der Waals surface area (Å²) >= 11 is 5.44. The second kappa shape index (κ2) is 5.67. The molecular weight excluding hydrogens is 248 g/mol. The lowest BCUT2D eigenvalue weighted by atomic mass is 9.81. The van der Waals surface area contributed by atoms with Crippen molar-refractivity contribution >= 4 is 21.6 Å². The minimum absolute atomic E-state index is 0.00450. The van der Waals surface area contributed by atoms with E-state index < -0.39 is 10.0 Å². The van der Waals surface area contributed by atoms with Crippen molar-refractivity contribution in [3.05, 3.63) is 0 Å². The van der Waals surface area contributed by atoms with E-state index in [0.717, 1.165) is 25.9 Å². The summed E-state index contributed by atoms with van der Waals surface area (Å²) in [5.74, 6) is 0.152. The molecule has 1 saturated heterocycles. The second-order valence-corrected chi connectivity index (χ2v) is 7.25. The summed E-state index contributed by atoms with van der Waals surface area (Å²) in [6.45, 7) is 4.74. The van der Waals surface area contributed by atoms with Crippen LogP contribution in [0.1, 0.15) is 19.8 Å². The molecule has 16 heavy (non-hydrogen) atoms. The zero-order valence-electron chi connectivity index (χ0n) is 10.00. The van der Waals surface area contributed by atoms with Crippen LogP contribution in [0, 0.1) is 5.41 Å². The summed E-state index contributed by atoms with van der Waals surface area (Å²) < 4.78 is 25.6. The molecule has 1 N–H and O–H groups in total. The van der Waals surface area contributed by atoms with E-state index in [1.54, 1.807) is 0 Å². The first-order valence-corrected chi connectivity index (χ1v) is 7.77. The lowest BCUT2D eigenvalue weighted by molar-refractivity contribution is 0.143. The van der Waals surface area contributed by atoms with Gasteiger partial charge < -0.3 is 4.90 Å². The van der Waals surface area contributed by atoms with E-state index in [-0.39, 0.29) is 17.0 Å². The van der Waals surface area contributed by atoms with Gasteiger partial charge in [-0.1, -0.05) is 6.92 Å². The quantitative estimate of drug-likeness (QED) is 0.753. The van der Waals surface area contributed by atoms with E-state index in [4.69, 9.17) is 11.6 Å². The molecule has 0 unspecified atom stereocenters. The smallest absolute Gasteiger partial charge is 0.212 e. The maximum atomic E-state index is 11.5. The van der Waals surface area contributed by atoms with Crippen LogP contribution in [0.4, 0.5) is 0 Å². The molecule has 0 saturated carbocycles. The first kappa shape index (κ1) is 14.2. The van der Waals surface area contributed by atoms with Gasteiger partial charge in [-0.05, 0) is 38.4 Å². The van der Waals surface area contributed by atoms with Gasteiger partial charge in [0.15, 0.2) is 0 Å². The lowest BCUT2D eigenvalue weighted by Gasteiger charge is -2.37. The fraction of sp³-hybridized carbons (Fsp3) is 1.00. The van der Waals surface area contributed by atoms with E-state index in [2.05, 4.69) is 23.6 Å². The average Bonchev–Trinajstić information content (AvgIpc) is 2.21. The minimum Gasteiger partial charge on any atom is -0.306 e. The molecule has 0 aromatic carbocycles. The second-order valence-electron chi connectivity index (χ2n) is 4.94. The van der Waals surface area contributed by atoms with Crippen LogP contribution in [0.15, 0.2) is 0 Å². The summed E-state index contributed by atoms with van der Waals surface area (Å²) in [5.41, 5.74) is 0.0892. The summed E-state index contributed by atoms with van der Waals surface area (Å²) in [4.78, 5) is 2.27. The zero-order valence-corrected chi connectivity index (χ0v) is 11.6. The Kier molecular flexibility index (Phi) is 5.04. The molecule has 0 aromatic rings. The average molecular weight is 269 g/mol. The Hall–Kier alpha value is 0.160. The van der Waals surface area contributed by atoms with Crippen LogP contribution in [0.5, 0.6) is 0 Å². The molecule has 1 aliphatic heterocycles. The number of alkyl halides is 1. The van der Waals surface area contributed by atoms with Crippen molar-refractivity contribution in [1.29, 1.82) is 0 Å². The Balaban J connectivity index is 2.42. The van der Waals surface area contributed by atoms with Gasteiger partial charge >= 0.3 is 0 Å². The van der Waals surface area contributed by atoms with Crippen LogP contribution in [-0.2, 0) is 10.0 Å². The fourth-order valence-corrected chi connectivity index (χ4v) is 3.32. The number of nitrogens with one attached hydrogen (secondary N) is 1. The third-order valence-electron chi connectivity index (χ3n) is 3.26. The van der Waals surface area contributed by atoms with Gasteiger partial charge in [-0.15, -0.1) is 11.6 Å². The maximum absolute atomic E-state index is 11.5. The Morgan fingerprint density at radius 2 is 1.94 bits per heavy atom. The van der Waals surface area contributed by atoms with Gasteiger partial charge in [-0.3, -0.25) is 0 Å². The highest BCUT2D eigenvalue weighted by atomic mass is 35.5. The molecule has 0 aliphatic carbocycles. The minimum atomic E-state index is -3.18. The molecule has 1 rings (SSSR count). The van der Waals surface area contributed by atoms with E-state index >= 15 is 0 Å². The molecule has 1 aliphatic rings. The van der Waals surface area contributed by atoms with Gasteiger partial charge in [0.2, 0.25) is 10.0 Å². The summed E-state index contributed by atoms with van der Waals surface area (Å²) in [6, 6.07) is 0. The largest absolute Gasteiger partial charge is 0.306 e. The Morgan fingerprint density at radius 3 is 2.44 bits per heavy atom. The Labute approximate surface area is 103 Å². The van der Waals surface area contributed by atoms with Gasteiger partial charge in [0.1, 0.15) is 0 Å². The number of nitrogens with zero attached hydrogens (tertiary/aromatic N) is 1. The summed E-state index contributed by atoms with van der Waals surface area (Å²) in [7, 11) is -1.08. The standard InChI is InChI=1S/C10H21ClN2O2S/c1-10(3-6-13(2)7-4-10)9-12-16(14,15)8-5-11/h12H,3-9H2,1-2H3. The van der Waals surface area contributed by atoms with E-state index in [0.29, 0.717) is 6.54 Å². The van der Waals surface area contributed by atoms with Crippen molar-refractivity contribution in [2.75, 3.05) is 38.3 Å². The van der Waals surface area contributed by atoms with Crippen molar-refractivity contribution in [2.45, 2.75) is 19.8 Å². The SMILES string of the molecule is CN1CCC(C)(CNS(=O)(=O)CCCl)CC1. The molecule has 6 heteroatoms. The predicted octanol–water partition coefficient (Wildman–Crippen LogP) is 0.877. The van der Waals surface area contributed by atoms with Crippen LogP contribution in [0.2, 0.25) is 0 Å². The number of hydrogen-bond donors (Lipinski definition) is 1. The van der Waals surface area contributed by atoms with Crippen LogP contribution in [-0.4, -0.2) is 51.6 Å². The van der Waals surface area contributed by atoms with Crippen molar-refractivity contribution in [1.82, 2.24) is 9.62 Å². The highest BCUT2D eigenvalue weighted by Gasteiger charge is 2.29. The molecule has 1 heterocycles. The molecule has 0 atom stereocenters. The van der Waals surface area contributed by atoms with Gasteiger partial charge in [0, 0.05) is 12.4 Å². The fourth-order valence-electron chi connectivity index (χ4n) is 1.79. The van der Waals surface area contributed by atoms with Crippen LogP contribution >= 0.6 is 11.6 Å². The molecule has 0 bridgehead atoms. The molecule has 1 fully saturated rings. The number of sulfonamides is 1. The molecule has 96 valence electrons. The van der Waals surface area contributed by atoms with Gasteiger partial charge in [-0.2, -0.15) is 0 Å². The van der Waals surface area contributed by atoms with Crippen LogP contribution in [0.3, 0.4) is 0 Å². The van der Waals surface area contributed by atoms with Crippen molar-refractivity contribution < 1.29 is 8.42 Å². The first-order chi connectivity index (χ1) is 7.37. The molecule has 4 nitrogen and oxygen atoms in total. The predicted molar refractivity (Wildman–Crippen MR) is 67.3 cm³/mol. The lowest BCUT2D eigenvalue weighted by Crippen LogP contribution is -2.44. The van der Waals surface area contributed by atoms with Gasteiger partial charge in [0.25, 0.3) is 0 Å². The van der Waals surface area contributed by atoms with E-state index in [1.165, 1.54) is 0 Å². The number of piperidine rings is 1. The number of hydrogen-bond acceptors (Lipinski definition) is 3. The monoisotopic (exact) mass is 268 g/mol. The molecule has 0 aromatic heterocycles. The third kappa shape index (κ3) is 4.57. The number of rotatable bonds is 5. The van der Waals surface area contributed by atoms with Crippen molar-refractivity contribution in [3.63, 3.8) is 0 Å². The van der Waals surface area contributed by atoms with Crippen LogP contribution in [0.25, 0.3) is 0 Å². The molecule has 0 amide bonds. The van der Waals surface area contributed by atoms with Crippen molar-refractivity contribution in [3.8, 4) is 0 Å².